The van der Waals surface area contributed by atoms with Crippen molar-refractivity contribution in [3.05, 3.63) is 40.8 Å². The van der Waals surface area contributed by atoms with Crippen LogP contribution in [0.4, 0.5) is 5.69 Å². The van der Waals surface area contributed by atoms with E-state index in [1.165, 1.54) is 0 Å². The zero-order valence-corrected chi connectivity index (χ0v) is 9.45. The predicted octanol–water partition coefficient (Wildman–Crippen LogP) is 3.42. The first-order valence-electron chi connectivity index (χ1n) is 4.76. The molecule has 0 bridgehead atoms. The van der Waals surface area contributed by atoms with Crippen molar-refractivity contribution in [2.75, 3.05) is 7.11 Å². The second-order valence-corrected chi connectivity index (χ2v) is 3.02. The van der Waals surface area contributed by atoms with E-state index < -0.39 is 0 Å². The summed E-state index contributed by atoms with van der Waals surface area (Å²) < 4.78 is 0. The third-order valence-corrected chi connectivity index (χ3v) is 2.13. The molecule has 1 aromatic carbocycles. The van der Waals surface area contributed by atoms with Gasteiger partial charge in [0.2, 0.25) is 0 Å². The van der Waals surface area contributed by atoms with Crippen LogP contribution < -0.4 is 0 Å². The summed E-state index contributed by atoms with van der Waals surface area (Å²) in [5.74, 6) is 0. The van der Waals surface area contributed by atoms with Crippen LogP contribution in [0.25, 0.3) is 5.57 Å². The van der Waals surface area contributed by atoms with E-state index in [0.29, 0.717) is 5.69 Å². The third-order valence-electron chi connectivity index (χ3n) is 2.13. The van der Waals surface area contributed by atoms with Gasteiger partial charge in [-0.2, -0.15) is 0 Å². The lowest BCUT2D eigenvalue weighted by Crippen LogP contribution is -1.86. The highest BCUT2D eigenvalue weighted by Gasteiger charge is 2.07. The second kappa shape index (κ2) is 6.90. The first kappa shape index (κ1) is 13.5. The quantitative estimate of drug-likeness (QED) is 0.772. The normalized spacial score (nSPS) is 8.80. The standard InChI is InChI=1S/C11H13NO.CH4O/c1-4-8(2)11-9(3)6-5-7-10(11)12-13;1-2/h5-7H,2,4H2,1,3H3;2H,1H3. The number of benzene rings is 1. The lowest BCUT2D eigenvalue weighted by Gasteiger charge is -2.08. The second-order valence-electron chi connectivity index (χ2n) is 3.02. The van der Waals surface area contributed by atoms with E-state index in [4.69, 9.17) is 5.11 Å². The summed E-state index contributed by atoms with van der Waals surface area (Å²) in [6.45, 7) is 7.89. The molecule has 0 atom stereocenters. The molecule has 1 N–H and O–H groups in total. The zero-order valence-electron chi connectivity index (χ0n) is 9.45. The van der Waals surface area contributed by atoms with E-state index in [0.717, 1.165) is 30.2 Å². The van der Waals surface area contributed by atoms with Crippen molar-refractivity contribution in [2.45, 2.75) is 20.3 Å². The molecule has 0 aromatic heterocycles. The van der Waals surface area contributed by atoms with E-state index in [1.807, 2.05) is 26.0 Å². The molecule has 3 nitrogen and oxygen atoms in total. The number of rotatable bonds is 3. The van der Waals surface area contributed by atoms with Gasteiger partial charge < -0.3 is 5.11 Å². The maximum atomic E-state index is 10.5. The highest BCUT2D eigenvalue weighted by Crippen LogP contribution is 2.29. The molecule has 15 heavy (non-hydrogen) atoms. The smallest absolute Gasteiger partial charge is 0.115 e. The Morgan fingerprint density at radius 3 is 2.53 bits per heavy atom. The molecular weight excluding hydrogens is 190 g/mol. The number of aliphatic hydroxyl groups excluding tert-OH is 1. The van der Waals surface area contributed by atoms with Gasteiger partial charge in [0.25, 0.3) is 0 Å². The summed E-state index contributed by atoms with van der Waals surface area (Å²) in [5.41, 5.74) is 3.42. The van der Waals surface area contributed by atoms with Gasteiger partial charge in [-0.3, -0.25) is 0 Å². The van der Waals surface area contributed by atoms with E-state index in [1.54, 1.807) is 6.07 Å². The Morgan fingerprint density at radius 1 is 1.47 bits per heavy atom. The Kier molecular flexibility index (Phi) is 6.22. The number of nitroso groups, excluding NO2 is 1. The van der Waals surface area contributed by atoms with Gasteiger partial charge in [0.1, 0.15) is 5.69 Å². The van der Waals surface area contributed by atoms with Crippen LogP contribution >= 0.6 is 0 Å². The topological polar surface area (TPSA) is 49.7 Å². The molecule has 0 unspecified atom stereocenters. The van der Waals surface area contributed by atoms with Crippen molar-refractivity contribution in [3.63, 3.8) is 0 Å². The van der Waals surface area contributed by atoms with Gasteiger partial charge in [0.15, 0.2) is 0 Å². The monoisotopic (exact) mass is 207 g/mol. The van der Waals surface area contributed by atoms with Crippen LogP contribution in [-0.2, 0) is 0 Å². The Bertz CT molecular complexity index is 345. The average Bonchev–Trinajstić information content (AvgIpc) is 2.30. The van der Waals surface area contributed by atoms with Gasteiger partial charge >= 0.3 is 0 Å². The minimum atomic E-state index is 0.492. The van der Waals surface area contributed by atoms with Crippen molar-refractivity contribution in [2.24, 2.45) is 5.18 Å². The minimum Gasteiger partial charge on any atom is -0.400 e. The summed E-state index contributed by atoms with van der Waals surface area (Å²) in [4.78, 5) is 10.5. The maximum Gasteiger partial charge on any atom is 0.115 e. The van der Waals surface area contributed by atoms with Crippen molar-refractivity contribution in [3.8, 4) is 0 Å². The van der Waals surface area contributed by atoms with Gasteiger partial charge in [-0.25, -0.2) is 0 Å². The van der Waals surface area contributed by atoms with Gasteiger partial charge in [-0.1, -0.05) is 25.6 Å². The van der Waals surface area contributed by atoms with Crippen LogP contribution in [0.2, 0.25) is 0 Å². The lowest BCUT2D eigenvalue weighted by atomic mass is 9.98. The number of hydrogen-bond donors (Lipinski definition) is 1. The van der Waals surface area contributed by atoms with E-state index in [-0.39, 0.29) is 0 Å². The van der Waals surface area contributed by atoms with Crippen molar-refractivity contribution < 1.29 is 5.11 Å². The van der Waals surface area contributed by atoms with Crippen molar-refractivity contribution >= 4 is 11.3 Å². The van der Waals surface area contributed by atoms with Crippen LogP contribution in [-0.4, -0.2) is 12.2 Å². The summed E-state index contributed by atoms with van der Waals surface area (Å²) in [6, 6.07) is 5.51. The summed E-state index contributed by atoms with van der Waals surface area (Å²) in [7, 11) is 1.00. The number of nitrogens with zero attached hydrogens (tertiary/aromatic N) is 1. The van der Waals surface area contributed by atoms with Crippen LogP contribution in [0.3, 0.4) is 0 Å². The van der Waals surface area contributed by atoms with Gasteiger partial charge in [-0.05, 0) is 35.7 Å². The highest BCUT2D eigenvalue weighted by atomic mass is 16.3. The Morgan fingerprint density at radius 2 is 2.07 bits per heavy atom. The molecule has 1 aromatic rings. The van der Waals surface area contributed by atoms with E-state index >= 15 is 0 Å². The summed E-state index contributed by atoms with van der Waals surface area (Å²) >= 11 is 0. The molecule has 0 amide bonds. The Hall–Kier alpha value is -1.48. The van der Waals surface area contributed by atoms with Gasteiger partial charge in [0.05, 0.1) is 0 Å². The fourth-order valence-corrected chi connectivity index (χ4v) is 1.37. The van der Waals surface area contributed by atoms with Gasteiger partial charge in [0, 0.05) is 12.7 Å². The first-order valence-corrected chi connectivity index (χ1v) is 4.76. The molecule has 0 spiro atoms. The SMILES string of the molecule is C=C(CC)c1c(C)cccc1N=O.CO. The molecule has 0 aliphatic rings. The largest absolute Gasteiger partial charge is 0.400 e. The fraction of sp³-hybridized carbons (Fsp3) is 0.333. The lowest BCUT2D eigenvalue weighted by molar-refractivity contribution is 0.399. The molecule has 0 saturated heterocycles. The van der Waals surface area contributed by atoms with Crippen LogP contribution in [0, 0.1) is 11.8 Å². The summed E-state index contributed by atoms with van der Waals surface area (Å²) in [5, 5.41) is 9.99. The molecule has 0 heterocycles. The van der Waals surface area contributed by atoms with Crippen LogP contribution in [0.1, 0.15) is 24.5 Å². The van der Waals surface area contributed by atoms with Crippen LogP contribution in [0.15, 0.2) is 30.0 Å². The molecule has 0 radical (unpaired) electrons. The predicted molar refractivity (Wildman–Crippen MR) is 64.1 cm³/mol. The fourth-order valence-electron chi connectivity index (χ4n) is 1.37. The van der Waals surface area contributed by atoms with Crippen molar-refractivity contribution in [1.82, 2.24) is 0 Å². The molecule has 1 rings (SSSR count). The molecule has 0 aliphatic heterocycles. The molecule has 3 heteroatoms. The maximum absolute atomic E-state index is 10.5. The molecule has 0 saturated carbocycles. The molecule has 0 aliphatic carbocycles. The summed E-state index contributed by atoms with van der Waals surface area (Å²) in [6.07, 6.45) is 0.841. The molecular formula is C12H17NO2. The zero-order chi connectivity index (χ0) is 11.8. The van der Waals surface area contributed by atoms with Gasteiger partial charge in [-0.15, -0.1) is 4.91 Å². The third kappa shape index (κ3) is 3.29. The Balaban J connectivity index is 0.000000921. The van der Waals surface area contributed by atoms with E-state index in [9.17, 15) is 4.91 Å². The Labute approximate surface area is 90.4 Å². The van der Waals surface area contributed by atoms with E-state index in [2.05, 4.69) is 11.8 Å². The molecule has 82 valence electrons. The van der Waals surface area contributed by atoms with Crippen LogP contribution in [0.5, 0.6) is 0 Å². The highest BCUT2D eigenvalue weighted by molar-refractivity contribution is 5.75. The minimum absolute atomic E-state index is 0.492. The average molecular weight is 207 g/mol. The number of aliphatic hydroxyl groups is 1. The number of allylic oxidation sites excluding steroid dienone is 1. The first-order chi connectivity index (χ1) is 7.20. The number of hydrogen-bond acceptors (Lipinski definition) is 3. The molecule has 0 fully saturated rings. The number of aryl methyl sites for hydroxylation is 1. The van der Waals surface area contributed by atoms with Crippen molar-refractivity contribution in [1.29, 1.82) is 0 Å².